The van der Waals surface area contributed by atoms with Gasteiger partial charge in [0.05, 0.1) is 6.42 Å². The molecule has 0 saturated carbocycles. The summed E-state index contributed by atoms with van der Waals surface area (Å²) in [5.74, 6) is 0.196. The van der Waals surface area contributed by atoms with E-state index in [0.717, 1.165) is 29.6 Å². The molecule has 1 fully saturated rings. The molecule has 1 aliphatic rings. The van der Waals surface area contributed by atoms with Gasteiger partial charge in [0.15, 0.2) is 0 Å². The number of nitrogens with one attached hydrogen (secondary N) is 1. The molecular formula is C18H25N3O. The Kier molecular flexibility index (Phi) is 4.78. The van der Waals surface area contributed by atoms with Crippen LogP contribution in [0.1, 0.15) is 24.8 Å². The number of rotatable bonds is 5. The summed E-state index contributed by atoms with van der Waals surface area (Å²) in [4.78, 5) is 20.0. The largest absolute Gasteiger partial charge is 0.361 e. The van der Waals surface area contributed by atoms with Crippen LogP contribution in [0.5, 0.6) is 0 Å². The van der Waals surface area contributed by atoms with Gasteiger partial charge in [0, 0.05) is 37.2 Å². The Hall–Kier alpha value is -1.81. The predicted molar refractivity (Wildman–Crippen MR) is 89.9 cm³/mol. The van der Waals surface area contributed by atoms with Crippen LogP contribution in [0.25, 0.3) is 10.9 Å². The summed E-state index contributed by atoms with van der Waals surface area (Å²) >= 11 is 0. The molecule has 0 aliphatic carbocycles. The average molecular weight is 299 g/mol. The first-order valence-corrected chi connectivity index (χ1v) is 8.25. The number of aromatic amines is 1. The number of para-hydroxylation sites is 1. The molecule has 0 spiro atoms. The number of hydrogen-bond donors (Lipinski definition) is 1. The fraction of sp³-hybridized carbons (Fsp3) is 0.500. The van der Waals surface area contributed by atoms with E-state index in [1.807, 2.05) is 36.3 Å². The van der Waals surface area contributed by atoms with E-state index in [-0.39, 0.29) is 5.91 Å². The third kappa shape index (κ3) is 3.50. The molecule has 0 radical (unpaired) electrons. The molecule has 0 unspecified atom stereocenters. The number of aromatic nitrogens is 1. The molecule has 22 heavy (non-hydrogen) atoms. The second-order valence-corrected chi connectivity index (χ2v) is 6.25. The zero-order chi connectivity index (χ0) is 15.4. The highest BCUT2D eigenvalue weighted by Gasteiger charge is 2.15. The summed E-state index contributed by atoms with van der Waals surface area (Å²) in [5.41, 5.74) is 2.19. The maximum atomic E-state index is 12.4. The first-order valence-electron chi connectivity index (χ1n) is 8.25. The van der Waals surface area contributed by atoms with Crippen molar-refractivity contribution in [3.8, 4) is 0 Å². The smallest absolute Gasteiger partial charge is 0.226 e. The molecule has 1 aromatic carbocycles. The van der Waals surface area contributed by atoms with Crippen molar-refractivity contribution < 1.29 is 4.79 Å². The van der Waals surface area contributed by atoms with Crippen molar-refractivity contribution in [2.75, 3.05) is 33.2 Å². The Bertz CT molecular complexity index is 628. The molecule has 2 heterocycles. The van der Waals surface area contributed by atoms with E-state index in [0.29, 0.717) is 6.42 Å². The maximum absolute atomic E-state index is 12.4. The maximum Gasteiger partial charge on any atom is 0.226 e. The van der Waals surface area contributed by atoms with Gasteiger partial charge in [-0.2, -0.15) is 0 Å². The first kappa shape index (κ1) is 15.1. The fourth-order valence-corrected chi connectivity index (χ4v) is 3.17. The van der Waals surface area contributed by atoms with Crippen LogP contribution >= 0.6 is 0 Å². The molecule has 0 bridgehead atoms. The Morgan fingerprint density at radius 1 is 1.23 bits per heavy atom. The minimum atomic E-state index is 0.196. The molecule has 2 aromatic rings. The lowest BCUT2D eigenvalue weighted by molar-refractivity contribution is -0.129. The lowest BCUT2D eigenvalue weighted by Crippen LogP contribution is -2.39. The van der Waals surface area contributed by atoms with Crippen molar-refractivity contribution in [2.24, 2.45) is 0 Å². The van der Waals surface area contributed by atoms with Gasteiger partial charge < -0.3 is 14.8 Å². The van der Waals surface area contributed by atoms with E-state index in [9.17, 15) is 4.79 Å². The van der Waals surface area contributed by atoms with E-state index >= 15 is 0 Å². The normalized spacial score (nSPS) is 16.0. The van der Waals surface area contributed by atoms with Gasteiger partial charge in [-0.05, 0) is 37.6 Å². The second-order valence-electron chi connectivity index (χ2n) is 6.25. The lowest BCUT2D eigenvalue weighted by Gasteiger charge is -2.28. The van der Waals surface area contributed by atoms with Crippen LogP contribution < -0.4 is 0 Å². The number of piperidine rings is 1. The van der Waals surface area contributed by atoms with Crippen LogP contribution in [0, 0.1) is 0 Å². The van der Waals surface area contributed by atoms with Gasteiger partial charge in [0.1, 0.15) is 0 Å². The molecule has 4 nitrogen and oxygen atoms in total. The fourth-order valence-electron chi connectivity index (χ4n) is 3.17. The van der Waals surface area contributed by atoms with Crippen molar-refractivity contribution in [3.63, 3.8) is 0 Å². The topological polar surface area (TPSA) is 39.3 Å². The first-order chi connectivity index (χ1) is 10.7. The Morgan fingerprint density at radius 3 is 2.82 bits per heavy atom. The molecule has 1 N–H and O–H groups in total. The number of likely N-dealkylation sites (N-methyl/N-ethyl adjacent to an activating group) is 1. The molecule has 1 aliphatic heterocycles. The summed E-state index contributed by atoms with van der Waals surface area (Å²) in [7, 11) is 1.92. The number of amides is 1. The highest BCUT2D eigenvalue weighted by Crippen LogP contribution is 2.18. The number of hydrogen-bond acceptors (Lipinski definition) is 2. The quantitative estimate of drug-likeness (QED) is 0.922. The van der Waals surface area contributed by atoms with Crippen molar-refractivity contribution in [3.05, 3.63) is 36.0 Å². The SMILES string of the molecule is CN(CCN1CCCCC1)C(=O)Cc1c[nH]c2ccccc12. The van der Waals surface area contributed by atoms with E-state index in [1.54, 1.807) is 0 Å². The number of likely N-dealkylation sites (tertiary alicyclic amines) is 1. The second kappa shape index (κ2) is 6.97. The molecular weight excluding hydrogens is 274 g/mol. The molecule has 3 rings (SSSR count). The number of carbonyl (C=O) groups excluding carboxylic acids is 1. The lowest BCUT2D eigenvalue weighted by atomic mass is 10.1. The van der Waals surface area contributed by atoms with Crippen molar-refractivity contribution in [2.45, 2.75) is 25.7 Å². The van der Waals surface area contributed by atoms with E-state index in [1.165, 1.54) is 32.4 Å². The summed E-state index contributed by atoms with van der Waals surface area (Å²) in [6.45, 7) is 4.19. The van der Waals surface area contributed by atoms with Gasteiger partial charge in [-0.25, -0.2) is 0 Å². The Balaban J connectivity index is 1.54. The number of nitrogens with zero attached hydrogens (tertiary/aromatic N) is 2. The van der Waals surface area contributed by atoms with Crippen molar-refractivity contribution in [1.29, 1.82) is 0 Å². The summed E-state index contributed by atoms with van der Waals surface area (Å²) in [6.07, 6.45) is 6.38. The van der Waals surface area contributed by atoms with Crippen LogP contribution in [0.2, 0.25) is 0 Å². The summed E-state index contributed by atoms with van der Waals surface area (Å²) in [6, 6.07) is 8.14. The average Bonchev–Trinajstić information content (AvgIpc) is 2.97. The minimum Gasteiger partial charge on any atom is -0.361 e. The van der Waals surface area contributed by atoms with Gasteiger partial charge >= 0.3 is 0 Å². The number of benzene rings is 1. The van der Waals surface area contributed by atoms with Gasteiger partial charge in [0.25, 0.3) is 0 Å². The predicted octanol–water partition coefficient (Wildman–Crippen LogP) is 2.65. The Morgan fingerprint density at radius 2 is 2.00 bits per heavy atom. The third-order valence-electron chi connectivity index (χ3n) is 4.64. The highest BCUT2D eigenvalue weighted by molar-refractivity contribution is 5.88. The molecule has 1 saturated heterocycles. The Labute approximate surface area is 132 Å². The molecule has 118 valence electrons. The van der Waals surface area contributed by atoms with Gasteiger partial charge in [-0.1, -0.05) is 24.6 Å². The van der Waals surface area contributed by atoms with Crippen molar-refractivity contribution >= 4 is 16.8 Å². The van der Waals surface area contributed by atoms with E-state index in [4.69, 9.17) is 0 Å². The standard InChI is InChI=1S/C18H25N3O/c1-20(11-12-21-9-5-2-6-10-21)18(22)13-15-14-19-17-8-4-3-7-16(15)17/h3-4,7-8,14,19H,2,5-6,9-13H2,1H3. The molecule has 4 heteroatoms. The van der Waals surface area contributed by atoms with Gasteiger partial charge in [0.2, 0.25) is 5.91 Å². The minimum absolute atomic E-state index is 0.196. The van der Waals surface area contributed by atoms with Crippen LogP contribution in [0.4, 0.5) is 0 Å². The van der Waals surface area contributed by atoms with Crippen LogP contribution in [-0.2, 0) is 11.2 Å². The number of carbonyl (C=O) groups is 1. The van der Waals surface area contributed by atoms with Gasteiger partial charge in [-0.15, -0.1) is 0 Å². The number of H-pyrrole nitrogens is 1. The number of fused-ring (bicyclic) bond motifs is 1. The molecule has 0 atom stereocenters. The summed E-state index contributed by atoms with van der Waals surface area (Å²) < 4.78 is 0. The van der Waals surface area contributed by atoms with Crippen LogP contribution in [0.15, 0.2) is 30.5 Å². The van der Waals surface area contributed by atoms with Crippen molar-refractivity contribution in [1.82, 2.24) is 14.8 Å². The van der Waals surface area contributed by atoms with Gasteiger partial charge in [-0.3, -0.25) is 4.79 Å². The van der Waals surface area contributed by atoms with Crippen LogP contribution in [-0.4, -0.2) is 53.9 Å². The zero-order valence-corrected chi connectivity index (χ0v) is 13.3. The summed E-state index contributed by atoms with van der Waals surface area (Å²) in [5, 5.41) is 1.15. The monoisotopic (exact) mass is 299 g/mol. The third-order valence-corrected chi connectivity index (χ3v) is 4.64. The van der Waals surface area contributed by atoms with Crippen LogP contribution in [0.3, 0.4) is 0 Å². The van der Waals surface area contributed by atoms with E-state index in [2.05, 4.69) is 16.0 Å². The highest BCUT2D eigenvalue weighted by atomic mass is 16.2. The molecule has 1 amide bonds. The zero-order valence-electron chi connectivity index (χ0n) is 13.3. The molecule has 1 aromatic heterocycles. The van der Waals surface area contributed by atoms with E-state index < -0.39 is 0 Å².